The summed E-state index contributed by atoms with van der Waals surface area (Å²) in [5, 5.41) is 2.78. The van der Waals surface area contributed by atoms with Gasteiger partial charge in [-0.3, -0.25) is 14.4 Å². The van der Waals surface area contributed by atoms with Crippen LogP contribution in [0, 0.1) is 12.8 Å². The molecule has 2 saturated heterocycles. The van der Waals surface area contributed by atoms with Gasteiger partial charge in [0.05, 0.1) is 17.6 Å². The van der Waals surface area contributed by atoms with Crippen LogP contribution in [-0.4, -0.2) is 59.3 Å². The first kappa shape index (κ1) is 14.8. The van der Waals surface area contributed by atoms with Gasteiger partial charge in [-0.1, -0.05) is 0 Å². The number of aromatic amines is 1. The number of rotatable bonds is 3. The second-order valence-corrected chi connectivity index (χ2v) is 6.21. The molecule has 0 bridgehead atoms. The van der Waals surface area contributed by atoms with Crippen LogP contribution in [0.25, 0.3) is 0 Å². The molecule has 22 heavy (non-hydrogen) atoms. The highest BCUT2D eigenvalue weighted by molar-refractivity contribution is 5.97. The lowest BCUT2D eigenvalue weighted by Gasteiger charge is -2.42. The van der Waals surface area contributed by atoms with Gasteiger partial charge in [-0.25, -0.2) is 0 Å². The second kappa shape index (κ2) is 5.57. The molecule has 118 valence electrons. The van der Waals surface area contributed by atoms with Crippen LogP contribution in [0.4, 0.5) is 5.69 Å². The lowest BCUT2D eigenvalue weighted by Crippen LogP contribution is -2.58. The average molecular weight is 304 g/mol. The standard InChI is InChI=1S/C15H20N4O3/c1-9-3-11(5-16-14(9)21)17-15(22)10-4-13(20)19(6-10)12-7-18(2)8-12/h3,5,10,12H,4,6-8H2,1-2H3,(H,16,21)(H,17,22). The molecule has 2 aliphatic rings. The van der Waals surface area contributed by atoms with Gasteiger partial charge in [-0.2, -0.15) is 0 Å². The highest BCUT2D eigenvalue weighted by Crippen LogP contribution is 2.25. The lowest BCUT2D eigenvalue weighted by atomic mass is 10.1. The molecular weight excluding hydrogens is 284 g/mol. The van der Waals surface area contributed by atoms with E-state index in [9.17, 15) is 14.4 Å². The number of hydrogen-bond donors (Lipinski definition) is 2. The smallest absolute Gasteiger partial charge is 0.250 e. The number of carbonyl (C=O) groups excluding carboxylic acids is 2. The van der Waals surface area contributed by atoms with E-state index in [0.717, 1.165) is 13.1 Å². The first-order valence-electron chi connectivity index (χ1n) is 7.42. The number of amides is 2. The van der Waals surface area contributed by atoms with Crippen LogP contribution in [0.3, 0.4) is 0 Å². The number of aryl methyl sites for hydroxylation is 1. The fourth-order valence-corrected chi connectivity index (χ4v) is 3.04. The number of carbonyl (C=O) groups is 2. The van der Waals surface area contributed by atoms with E-state index in [1.54, 1.807) is 13.0 Å². The second-order valence-electron chi connectivity index (χ2n) is 6.21. The summed E-state index contributed by atoms with van der Waals surface area (Å²) >= 11 is 0. The highest BCUT2D eigenvalue weighted by Gasteiger charge is 2.41. The minimum absolute atomic E-state index is 0.0518. The zero-order valence-electron chi connectivity index (χ0n) is 12.8. The minimum Gasteiger partial charge on any atom is -0.336 e. The molecule has 0 spiro atoms. The van der Waals surface area contributed by atoms with Gasteiger partial charge in [-0.05, 0) is 20.0 Å². The van der Waals surface area contributed by atoms with E-state index >= 15 is 0 Å². The van der Waals surface area contributed by atoms with Crippen LogP contribution < -0.4 is 10.9 Å². The maximum Gasteiger partial charge on any atom is 0.250 e. The number of anilines is 1. The molecule has 2 amide bonds. The molecule has 1 aromatic rings. The maximum atomic E-state index is 12.3. The first-order valence-corrected chi connectivity index (χ1v) is 7.42. The van der Waals surface area contributed by atoms with Crippen molar-refractivity contribution in [3.8, 4) is 0 Å². The number of hydrogen-bond acceptors (Lipinski definition) is 4. The highest BCUT2D eigenvalue weighted by atomic mass is 16.2. The van der Waals surface area contributed by atoms with Crippen molar-refractivity contribution >= 4 is 17.5 Å². The van der Waals surface area contributed by atoms with E-state index in [1.165, 1.54) is 6.20 Å². The van der Waals surface area contributed by atoms with E-state index in [0.29, 0.717) is 17.8 Å². The third-order valence-electron chi connectivity index (χ3n) is 4.37. The molecule has 1 atom stereocenters. The molecule has 0 radical (unpaired) electrons. The molecular formula is C15H20N4O3. The molecule has 2 aliphatic heterocycles. The van der Waals surface area contributed by atoms with Crippen molar-refractivity contribution in [2.45, 2.75) is 19.4 Å². The Bertz CT molecular complexity index is 663. The molecule has 2 N–H and O–H groups in total. The van der Waals surface area contributed by atoms with Crippen molar-refractivity contribution in [1.82, 2.24) is 14.8 Å². The Kier molecular flexibility index (Phi) is 3.74. The van der Waals surface area contributed by atoms with Gasteiger partial charge in [0.1, 0.15) is 0 Å². The number of likely N-dealkylation sites (tertiary alicyclic amines) is 2. The van der Waals surface area contributed by atoms with E-state index < -0.39 is 0 Å². The van der Waals surface area contributed by atoms with Gasteiger partial charge in [-0.15, -0.1) is 0 Å². The van der Waals surface area contributed by atoms with E-state index in [-0.39, 0.29) is 35.8 Å². The van der Waals surface area contributed by atoms with Gasteiger partial charge >= 0.3 is 0 Å². The Labute approximate surface area is 128 Å². The predicted octanol–water partition coefficient (Wildman–Crippen LogP) is -0.216. The number of nitrogens with one attached hydrogen (secondary N) is 2. The summed E-state index contributed by atoms with van der Waals surface area (Å²) in [4.78, 5) is 42.2. The van der Waals surface area contributed by atoms with Crippen LogP contribution in [0.2, 0.25) is 0 Å². The number of nitrogens with zero attached hydrogens (tertiary/aromatic N) is 2. The molecule has 0 saturated carbocycles. The maximum absolute atomic E-state index is 12.3. The molecule has 0 aliphatic carbocycles. The van der Waals surface area contributed by atoms with Crippen molar-refractivity contribution in [1.29, 1.82) is 0 Å². The summed E-state index contributed by atoms with van der Waals surface area (Å²) in [6.07, 6.45) is 1.73. The van der Waals surface area contributed by atoms with Crippen LogP contribution >= 0.6 is 0 Å². The zero-order chi connectivity index (χ0) is 15.9. The van der Waals surface area contributed by atoms with E-state index in [1.807, 2.05) is 11.9 Å². The summed E-state index contributed by atoms with van der Waals surface area (Å²) < 4.78 is 0. The molecule has 7 heteroatoms. The Balaban J connectivity index is 1.62. The minimum atomic E-state index is -0.328. The Morgan fingerprint density at radius 2 is 2.05 bits per heavy atom. The average Bonchev–Trinajstić information content (AvgIpc) is 2.81. The topological polar surface area (TPSA) is 85.5 Å². The number of H-pyrrole nitrogens is 1. The van der Waals surface area contributed by atoms with Gasteiger partial charge < -0.3 is 20.1 Å². The van der Waals surface area contributed by atoms with Crippen molar-refractivity contribution in [3.05, 3.63) is 28.2 Å². The van der Waals surface area contributed by atoms with Crippen molar-refractivity contribution in [2.24, 2.45) is 5.92 Å². The molecule has 7 nitrogen and oxygen atoms in total. The summed E-state index contributed by atoms with van der Waals surface area (Å²) in [6, 6.07) is 1.87. The van der Waals surface area contributed by atoms with Crippen LogP contribution in [0.15, 0.2) is 17.1 Å². The van der Waals surface area contributed by atoms with Crippen molar-refractivity contribution in [2.75, 3.05) is 32.0 Å². The molecule has 3 rings (SSSR count). The van der Waals surface area contributed by atoms with Crippen LogP contribution in [0.5, 0.6) is 0 Å². The number of likely N-dealkylation sites (N-methyl/N-ethyl adjacent to an activating group) is 1. The Morgan fingerprint density at radius 3 is 2.68 bits per heavy atom. The van der Waals surface area contributed by atoms with Gasteiger partial charge in [0.25, 0.3) is 5.56 Å². The molecule has 3 heterocycles. The SMILES string of the molecule is Cc1cc(NC(=O)C2CC(=O)N(C3CN(C)C3)C2)c[nH]c1=O. The van der Waals surface area contributed by atoms with E-state index in [2.05, 4.69) is 15.2 Å². The number of aromatic nitrogens is 1. The summed E-state index contributed by atoms with van der Waals surface area (Å²) in [7, 11) is 2.01. The zero-order valence-corrected chi connectivity index (χ0v) is 12.8. The third kappa shape index (κ3) is 2.76. The van der Waals surface area contributed by atoms with E-state index in [4.69, 9.17) is 0 Å². The number of pyridine rings is 1. The quantitative estimate of drug-likeness (QED) is 0.809. The predicted molar refractivity (Wildman–Crippen MR) is 81.5 cm³/mol. The summed E-state index contributed by atoms with van der Waals surface area (Å²) in [6.45, 7) is 3.91. The monoisotopic (exact) mass is 304 g/mol. The molecule has 0 aromatic carbocycles. The largest absolute Gasteiger partial charge is 0.336 e. The summed E-state index contributed by atoms with van der Waals surface area (Å²) in [5.74, 6) is -0.448. The summed E-state index contributed by atoms with van der Waals surface area (Å²) in [5.41, 5.74) is 0.921. The lowest BCUT2D eigenvalue weighted by molar-refractivity contribution is -0.132. The Morgan fingerprint density at radius 1 is 1.32 bits per heavy atom. The Hall–Kier alpha value is -2.15. The van der Waals surface area contributed by atoms with Gasteiger partial charge in [0.2, 0.25) is 11.8 Å². The third-order valence-corrected chi connectivity index (χ3v) is 4.37. The van der Waals surface area contributed by atoms with Crippen molar-refractivity contribution in [3.63, 3.8) is 0 Å². The fraction of sp³-hybridized carbons (Fsp3) is 0.533. The molecule has 1 aromatic heterocycles. The molecule has 2 fully saturated rings. The first-order chi connectivity index (χ1) is 10.4. The van der Waals surface area contributed by atoms with Crippen LogP contribution in [-0.2, 0) is 9.59 Å². The van der Waals surface area contributed by atoms with Gasteiger partial charge in [0, 0.05) is 37.8 Å². The van der Waals surface area contributed by atoms with Crippen molar-refractivity contribution < 1.29 is 9.59 Å². The fourth-order valence-electron chi connectivity index (χ4n) is 3.04. The van der Waals surface area contributed by atoms with Crippen LogP contribution in [0.1, 0.15) is 12.0 Å². The normalized spacial score (nSPS) is 22.7. The molecule has 1 unspecified atom stereocenters. The van der Waals surface area contributed by atoms with Gasteiger partial charge in [0.15, 0.2) is 0 Å².